The Bertz CT molecular complexity index is 729. The number of amidine groups is 1. The topological polar surface area (TPSA) is 82.9 Å². The molecule has 1 saturated carbocycles. The molecule has 1 atom stereocenters. The van der Waals surface area contributed by atoms with Gasteiger partial charge in [0.25, 0.3) is 0 Å². The molecule has 0 spiro atoms. The molecule has 2 aliphatic rings. The Kier molecular flexibility index (Phi) is 5.53. The van der Waals surface area contributed by atoms with E-state index in [1.165, 1.54) is 11.8 Å². The first-order valence-corrected chi connectivity index (χ1v) is 9.38. The highest BCUT2D eigenvalue weighted by Crippen LogP contribution is 2.25. The predicted octanol–water partition coefficient (Wildman–Crippen LogP) is 3.15. The minimum Gasteiger partial charge on any atom is -0.326 e. The smallest absolute Gasteiger partial charge is 0.240 e. The second-order valence-electron chi connectivity index (χ2n) is 6.39. The van der Waals surface area contributed by atoms with E-state index in [0.29, 0.717) is 5.17 Å². The minimum absolute atomic E-state index is 0.111. The van der Waals surface area contributed by atoms with Gasteiger partial charge >= 0.3 is 0 Å². The highest BCUT2D eigenvalue weighted by molar-refractivity contribution is 8.15. The van der Waals surface area contributed by atoms with Crippen molar-refractivity contribution < 1.29 is 9.59 Å². The van der Waals surface area contributed by atoms with Crippen LogP contribution in [-0.4, -0.2) is 27.9 Å². The molecule has 1 aliphatic carbocycles. The van der Waals surface area contributed by atoms with Crippen LogP contribution in [0.2, 0.25) is 0 Å². The van der Waals surface area contributed by atoms with Crippen LogP contribution in [0.5, 0.6) is 0 Å². The highest BCUT2D eigenvalue weighted by Gasteiger charge is 2.32. The normalized spacial score (nSPS) is 21.5. The molecule has 6 nitrogen and oxygen atoms in total. The monoisotopic (exact) mass is 358 g/mol. The van der Waals surface area contributed by atoms with Crippen molar-refractivity contribution in [2.75, 3.05) is 5.32 Å². The SMILES string of the molecule is Cc1cccc(C)c1NC(=O)CC1S/C(=N\N=C2CCCC2)NC1=O. The second kappa shape index (κ2) is 7.82. The number of nitrogens with one attached hydrogen (secondary N) is 2. The number of aryl methyl sites for hydroxylation is 2. The highest BCUT2D eigenvalue weighted by atomic mass is 32.2. The Morgan fingerprint density at radius 1 is 1.24 bits per heavy atom. The fourth-order valence-corrected chi connectivity index (χ4v) is 3.87. The number of para-hydroxylation sites is 1. The summed E-state index contributed by atoms with van der Waals surface area (Å²) in [5, 5.41) is 14.0. The fourth-order valence-electron chi connectivity index (χ4n) is 2.96. The number of hydrogen-bond acceptors (Lipinski definition) is 5. The number of hydrogen-bond donors (Lipinski definition) is 2. The van der Waals surface area contributed by atoms with Gasteiger partial charge in [-0.05, 0) is 50.7 Å². The van der Waals surface area contributed by atoms with E-state index in [4.69, 9.17) is 0 Å². The quantitative estimate of drug-likeness (QED) is 0.811. The second-order valence-corrected chi connectivity index (χ2v) is 7.58. The number of benzene rings is 1. The van der Waals surface area contributed by atoms with E-state index in [-0.39, 0.29) is 18.2 Å². The molecular formula is C18H22N4O2S. The summed E-state index contributed by atoms with van der Waals surface area (Å²) in [5.41, 5.74) is 3.91. The Morgan fingerprint density at radius 3 is 2.60 bits per heavy atom. The number of amides is 2. The summed E-state index contributed by atoms with van der Waals surface area (Å²) in [6.45, 7) is 3.90. The summed E-state index contributed by atoms with van der Waals surface area (Å²) in [6.07, 6.45) is 4.39. The molecule has 25 heavy (non-hydrogen) atoms. The molecule has 1 aromatic carbocycles. The van der Waals surface area contributed by atoms with Crippen LogP contribution in [0.3, 0.4) is 0 Å². The third-order valence-electron chi connectivity index (χ3n) is 4.36. The molecule has 1 aliphatic heterocycles. The van der Waals surface area contributed by atoms with Crippen molar-refractivity contribution in [3.63, 3.8) is 0 Å². The lowest BCUT2D eigenvalue weighted by Gasteiger charge is -2.12. The number of carbonyl (C=O) groups excluding carboxylic acids is 2. The average Bonchev–Trinajstić information content (AvgIpc) is 3.19. The van der Waals surface area contributed by atoms with Crippen LogP contribution in [-0.2, 0) is 9.59 Å². The first kappa shape index (κ1) is 17.7. The third-order valence-corrected chi connectivity index (χ3v) is 5.43. The van der Waals surface area contributed by atoms with Gasteiger partial charge in [-0.25, -0.2) is 0 Å². The van der Waals surface area contributed by atoms with Gasteiger partial charge in [0.05, 0.1) is 0 Å². The van der Waals surface area contributed by atoms with Gasteiger partial charge in [0.1, 0.15) is 5.25 Å². The standard InChI is InChI=1S/C18H22N4O2S/c1-11-6-5-7-12(2)16(11)19-15(23)10-14-17(24)20-18(25-14)22-21-13-8-3-4-9-13/h5-7,14H,3-4,8-10H2,1-2H3,(H,19,23)(H,20,22,24). The molecule has 1 saturated heterocycles. The van der Waals surface area contributed by atoms with Crippen molar-refractivity contribution in [3.05, 3.63) is 29.3 Å². The van der Waals surface area contributed by atoms with E-state index in [9.17, 15) is 9.59 Å². The van der Waals surface area contributed by atoms with Crippen LogP contribution in [0.4, 0.5) is 5.69 Å². The lowest BCUT2D eigenvalue weighted by molar-refractivity contribution is -0.122. The molecule has 0 bridgehead atoms. The van der Waals surface area contributed by atoms with Crippen LogP contribution >= 0.6 is 11.8 Å². The molecule has 2 N–H and O–H groups in total. The fraction of sp³-hybridized carbons (Fsp3) is 0.444. The maximum absolute atomic E-state index is 12.3. The van der Waals surface area contributed by atoms with E-state index in [0.717, 1.165) is 48.2 Å². The van der Waals surface area contributed by atoms with Crippen molar-refractivity contribution in [3.8, 4) is 0 Å². The van der Waals surface area contributed by atoms with E-state index in [1.807, 2.05) is 32.0 Å². The predicted molar refractivity (Wildman–Crippen MR) is 102 cm³/mol. The van der Waals surface area contributed by atoms with Crippen molar-refractivity contribution in [1.29, 1.82) is 0 Å². The zero-order chi connectivity index (χ0) is 17.8. The zero-order valence-electron chi connectivity index (χ0n) is 14.5. The average molecular weight is 358 g/mol. The van der Waals surface area contributed by atoms with Crippen LogP contribution in [0.1, 0.15) is 43.2 Å². The van der Waals surface area contributed by atoms with Crippen LogP contribution in [0, 0.1) is 13.8 Å². The van der Waals surface area contributed by atoms with Crippen LogP contribution in [0.15, 0.2) is 28.4 Å². The van der Waals surface area contributed by atoms with Gasteiger partial charge in [-0.1, -0.05) is 30.0 Å². The number of thioether (sulfide) groups is 1. The summed E-state index contributed by atoms with van der Waals surface area (Å²) in [5.74, 6) is -0.361. The Hall–Kier alpha value is -2.15. The van der Waals surface area contributed by atoms with Crippen molar-refractivity contribution in [2.45, 2.75) is 51.2 Å². The Morgan fingerprint density at radius 2 is 1.92 bits per heavy atom. The van der Waals surface area contributed by atoms with Crippen LogP contribution < -0.4 is 10.6 Å². The molecule has 1 unspecified atom stereocenters. The molecule has 2 fully saturated rings. The van der Waals surface area contributed by atoms with Gasteiger partial charge in [-0.3, -0.25) is 9.59 Å². The Labute approximate surface area is 151 Å². The number of anilines is 1. The first-order valence-electron chi connectivity index (χ1n) is 8.50. The molecular weight excluding hydrogens is 336 g/mol. The van der Waals surface area contributed by atoms with Gasteiger partial charge < -0.3 is 10.6 Å². The summed E-state index contributed by atoms with van der Waals surface area (Å²) >= 11 is 1.27. The molecule has 132 valence electrons. The summed E-state index contributed by atoms with van der Waals surface area (Å²) in [7, 11) is 0. The van der Waals surface area contributed by atoms with Gasteiger partial charge in [0.15, 0.2) is 5.17 Å². The summed E-state index contributed by atoms with van der Waals surface area (Å²) < 4.78 is 0. The van der Waals surface area contributed by atoms with E-state index in [1.54, 1.807) is 0 Å². The van der Waals surface area contributed by atoms with Crippen LogP contribution in [0.25, 0.3) is 0 Å². The first-order chi connectivity index (χ1) is 12.0. The largest absolute Gasteiger partial charge is 0.326 e. The maximum atomic E-state index is 12.3. The third kappa shape index (κ3) is 4.48. The Balaban J connectivity index is 1.59. The molecule has 0 radical (unpaired) electrons. The van der Waals surface area contributed by atoms with Crippen molar-refractivity contribution >= 4 is 40.1 Å². The minimum atomic E-state index is -0.466. The van der Waals surface area contributed by atoms with Gasteiger partial charge in [-0.2, -0.15) is 5.10 Å². The zero-order valence-corrected chi connectivity index (χ0v) is 15.3. The molecule has 1 heterocycles. The maximum Gasteiger partial charge on any atom is 0.240 e. The van der Waals surface area contributed by atoms with E-state index < -0.39 is 5.25 Å². The number of rotatable bonds is 4. The summed E-state index contributed by atoms with van der Waals surface area (Å²) in [4.78, 5) is 24.4. The van der Waals surface area contributed by atoms with Gasteiger partial charge in [0, 0.05) is 17.8 Å². The van der Waals surface area contributed by atoms with Crippen molar-refractivity contribution in [2.24, 2.45) is 10.2 Å². The van der Waals surface area contributed by atoms with Crippen molar-refractivity contribution in [1.82, 2.24) is 5.32 Å². The molecule has 3 rings (SSSR count). The molecule has 2 amide bonds. The van der Waals surface area contributed by atoms with Gasteiger partial charge in [0.2, 0.25) is 11.8 Å². The molecule has 0 aromatic heterocycles. The lowest BCUT2D eigenvalue weighted by atomic mass is 10.1. The van der Waals surface area contributed by atoms with Gasteiger partial charge in [-0.15, -0.1) is 5.10 Å². The van der Waals surface area contributed by atoms with E-state index in [2.05, 4.69) is 20.8 Å². The number of nitrogens with zero attached hydrogens (tertiary/aromatic N) is 2. The van der Waals surface area contributed by atoms with E-state index >= 15 is 0 Å². The lowest BCUT2D eigenvalue weighted by Crippen LogP contribution is -2.28. The molecule has 1 aromatic rings. The number of carbonyl (C=O) groups is 2. The summed E-state index contributed by atoms with van der Waals surface area (Å²) in [6, 6.07) is 5.86. The molecule has 7 heteroatoms.